The molecule has 0 radical (unpaired) electrons. The molecule has 0 aliphatic rings. The Kier molecular flexibility index (Phi) is 6.16. The maximum absolute atomic E-state index is 11.4. The highest BCUT2D eigenvalue weighted by Crippen LogP contribution is 2.27. The average molecular weight is 276 g/mol. The van der Waals surface area contributed by atoms with E-state index >= 15 is 0 Å². The van der Waals surface area contributed by atoms with Gasteiger partial charge in [0, 0.05) is 18.0 Å². The lowest BCUT2D eigenvalue weighted by atomic mass is 10.2. The number of nitrogens with one attached hydrogen (secondary N) is 1. The van der Waals surface area contributed by atoms with Gasteiger partial charge < -0.3 is 10.1 Å². The lowest BCUT2D eigenvalue weighted by Gasteiger charge is -2.08. The van der Waals surface area contributed by atoms with E-state index in [4.69, 9.17) is 27.9 Å². The standard InChI is InChI=1S/C12H15Cl2NO2/c1-2-17-11-6-5-9(8-10(11)14)15-12(16)4-3-7-13/h5-6,8H,2-4,7H2,1H3,(H,15,16). The molecule has 0 fully saturated rings. The molecule has 5 heteroatoms. The number of benzene rings is 1. The minimum atomic E-state index is -0.0640. The van der Waals surface area contributed by atoms with Gasteiger partial charge in [-0.3, -0.25) is 4.79 Å². The second kappa shape index (κ2) is 7.41. The number of carbonyl (C=O) groups excluding carboxylic acids is 1. The molecule has 0 aliphatic carbocycles. The molecular formula is C12H15Cl2NO2. The third-order valence-electron chi connectivity index (χ3n) is 2.05. The predicted molar refractivity (Wildman–Crippen MR) is 71.2 cm³/mol. The third kappa shape index (κ3) is 4.84. The SMILES string of the molecule is CCOc1ccc(NC(=O)CCCCl)cc1Cl. The summed E-state index contributed by atoms with van der Waals surface area (Å²) in [5.41, 5.74) is 0.665. The summed E-state index contributed by atoms with van der Waals surface area (Å²) >= 11 is 11.5. The van der Waals surface area contributed by atoms with Crippen LogP contribution in [0.2, 0.25) is 5.02 Å². The Balaban J connectivity index is 2.60. The van der Waals surface area contributed by atoms with Crippen molar-refractivity contribution in [2.45, 2.75) is 19.8 Å². The number of carbonyl (C=O) groups is 1. The molecule has 0 atom stereocenters. The van der Waals surface area contributed by atoms with E-state index in [2.05, 4.69) is 5.32 Å². The molecule has 1 rings (SSSR count). The number of rotatable bonds is 6. The maximum atomic E-state index is 11.4. The molecule has 0 heterocycles. The number of ether oxygens (including phenoxy) is 1. The Bertz CT molecular complexity index is 383. The molecule has 0 aliphatic heterocycles. The quantitative estimate of drug-likeness (QED) is 0.804. The molecule has 94 valence electrons. The van der Waals surface area contributed by atoms with E-state index in [1.165, 1.54) is 0 Å². The molecule has 1 aromatic carbocycles. The lowest BCUT2D eigenvalue weighted by molar-refractivity contribution is -0.116. The highest BCUT2D eigenvalue weighted by Gasteiger charge is 2.05. The highest BCUT2D eigenvalue weighted by atomic mass is 35.5. The second-order valence-corrected chi connectivity index (χ2v) is 4.20. The fourth-order valence-electron chi connectivity index (χ4n) is 1.30. The Labute approximate surface area is 111 Å². The summed E-state index contributed by atoms with van der Waals surface area (Å²) in [4.78, 5) is 11.4. The van der Waals surface area contributed by atoms with Gasteiger partial charge in [-0.2, -0.15) is 0 Å². The minimum Gasteiger partial charge on any atom is -0.492 e. The van der Waals surface area contributed by atoms with Crippen molar-refractivity contribution in [2.24, 2.45) is 0 Å². The third-order valence-corrected chi connectivity index (χ3v) is 2.62. The van der Waals surface area contributed by atoms with E-state index in [1.807, 2.05) is 6.92 Å². The van der Waals surface area contributed by atoms with Gasteiger partial charge in [0.05, 0.1) is 11.6 Å². The van der Waals surface area contributed by atoms with Crippen LogP contribution in [0.3, 0.4) is 0 Å². The van der Waals surface area contributed by atoms with Crippen molar-refractivity contribution in [3.05, 3.63) is 23.2 Å². The number of hydrogen-bond donors (Lipinski definition) is 1. The molecule has 17 heavy (non-hydrogen) atoms. The Morgan fingerprint density at radius 3 is 2.82 bits per heavy atom. The Hall–Kier alpha value is -0.930. The number of hydrogen-bond acceptors (Lipinski definition) is 2. The maximum Gasteiger partial charge on any atom is 0.224 e. The van der Waals surface area contributed by atoms with Crippen LogP contribution < -0.4 is 10.1 Å². The molecule has 1 aromatic rings. The molecule has 3 nitrogen and oxygen atoms in total. The molecule has 0 saturated carbocycles. The first-order valence-electron chi connectivity index (χ1n) is 5.45. The Morgan fingerprint density at radius 1 is 1.47 bits per heavy atom. The van der Waals surface area contributed by atoms with Crippen molar-refractivity contribution >= 4 is 34.8 Å². The summed E-state index contributed by atoms with van der Waals surface area (Å²) in [6.45, 7) is 2.44. The molecule has 0 saturated heterocycles. The van der Waals surface area contributed by atoms with Crippen molar-refractivity contribution in [1.82, 2.24) is 0 Å². The van der Waals surface area contributed by atoms with Crippen LogP contribution in [0.5, 0.6) is 5.75 Å². The summed E-state index contributed by atoms with van der Waals surface area (Å²) in [7, 11) is 0. The van der Waals surface area contributed by atoms with Gasteiger partial charge in [0.25, 0.3) is 0 Å². The van der Waals surface area contributed by atoms with Crippen LogP contribution in [0.25, 0.3) is 0 Å². The Morgan fingerprint density at radius 2 is 2.24 bits per heavy atom. The smallest absolute Gasteiger partial charge is 0.224 e. The van der Waals surface area contributed by atoms with Gasteiger partial charge >= 0.3 is 0 Å². The van der Waals surface area contributed by atoms with Gasteiger partial charge in [0.1, 0.15) is 5.75 Å². The number of amides is 1. The van der Waals surface area contributed by atoms with Crippen LogP contribution in [0, 0.1) is 0 Å². The number of alkyl halides is 1. The summed E-state index contributed by atoms with van der Waals surface area (Å²) < 4.78 is 5.30. The van der Waals surface area contributed by atoms with E-state index < -0.39 is 0 Å². The first-order chi connectivity index (χ1) is 8.17. The minimum absolute atomic E-state index is 0.0640. The number of anilines is 1. The van der Waals surface area contributed by atoms with Crippen molar-refractivity contribution in [3.63, 3.8) is 0 Å². The molecule has 1 amide bonds. The normalized spacial score (nSPS) is 10.1. The summed E-state index contributed by atoms with van der Waals surface area (Å²) in [6, 6.07) is 5.17. The van der Waals surface area contributed by atoms with E-state index in [-0.39, 0.29) is 5.91 Å². The predicted octanol–water partition coefficient (Wildman–Crippen LogP) is 3.70. The molecule has 0 bridgehead atoms. The van der Waals surface area contributed by atoms with E-state index in [1.54, 1.807) is 18.2 Å². The fourth-order valence-corrected chi connectivity index (χ4v) is 1.67. The van der Waals surface area contributed by atoms with Crippen LogP contribution in [-0.4, -0.2) is 18.4 Å². The zero-order valence-corrected chi connectivity index (χ0v) is 11.1. The highest BCUT2D eigenvalue weighted by molar-refractivity contribution is 6.32. The van der Waals surface area contributed by atoms with Crippen LogP contribution in [0.4, 0.5) is 5.69 Å². The van der Waals surface area contributed by atoms with Gasteiger partial charge in [-0.25, -0.2) is 0 Å². The molecule has 0 unspecified atom stereocenters. The van der Waals surface area contributed by atoms with Crippen molar-refractivity contribution < 1.29 is 9.53 Å². The zero-order valence-electron chi connectivity index (χ0n) is 9.63. The molecule has 1 N–H and O–H groups in total. The van der Waals surface area contributed by atoms with Gasteiger partial charge in [-0.05, 0) is 31.5 Å². The zero-order chi connectivity index (χ0) is 12.7. The van der Waals surface area contributed by atoms with Gasteiger partial charge in [0.15, 0.2) is 0 Å². The number of halogens is 2. The van der Waals surface area contributed by atoms with Crippen LogP contribution >= 0.6 is 23.2 Å². The van der Waals surface area contributed by atoms with Crippen LogP contribution in [0.15, 0.2) is 18.2 Å². The summed E-state index contributed by atoms with van der Waals surface area (Å²) in [5.74, 6) is 1.04. The molecule has 0 spiro atoms. The molecule has 0 aromatic heterocycles. The first kappa shape index (κ1) is 14.1. The fraction of sp³-hybridized carbons (Fsp3) is 0.417. The van der Waals surface area contributed by atoms with E-state index in [9.17, 15) is 4.79 Å². The van der Waals surface area contributed by atoms with Gasteiger partial charge in [-0.15, -0.1) is 11.6 Å². The van der Waals surface area contributed by atoms with Gasteiger partial charge in [-0.1, -0.05) is 11.6 Å². The average Bonchev–Trinajstić information content (AvgIpc) is 2.30. The topological polar surface area (TPSA) is 38.3 Å². The second-order valence-electron chi connectivity index (χ2n) is 3.42. The van der Waals surface area contributed by atoms with Gasteiger partial charge in [0.2, 0.25) is 5.91 Å². The van der Waals surface area contributed by atoms with Crippen molar-refractivity contribution in [3.8, 4) is 5.75 Å². The van der Waals surface area contributed by atoms with Crippen molar-refractivity contribution in [2.75, 3.05) is 17.8 Å². The van der Waals surface area contributed by atoms with Crippen LogP contribution in [0.1, 0.15) is 19.8 Å². The van der Waals surface area contributed by atoms with E-state index in [0.29, 0.717) is 41.8 Å². The lowest BCUT2D eigenvalue weighted by Crippen LogP contribution is -2.11. The van der Waals surface area contributed by atoms with Crippen LogP contribution in [-0.2, 0) is 4.79 Å². The summed E-state index contributed by atoms with van der Waals surface area (Å²) in [5, 5.41) is 3.24. The molecular weight excluding hydrogens is 261 g/mol. The largest absolute Gasteiger partial charge is 0.492 e. The summed E-state index contributed by atoms with van der Waals surface area (Å²) in [6.07, 6.45) is 1.08. The first-order valence-corrected chi connectivity index (χ1v) is 6.36. The monoisotopic (exact) mass is 275 g/mol. The van der Waals surface area contributed by atoms with Crippen molar-refractivity contribution in [1.29, 1.82) is 0 Å². The van der Waals surface area contributed by atoms with E-state index in [0.717, 1.165) is 0 Å².